The fourth-order valence-electron chi connectivity index (χ4n) is 0.715. The molecule has 74 valence electrons. The molecule has 0 aromatic rings. The zero-order valence-corrected chi connectivity index (χ0v) is 8.22. The quantitative estimate of drug-likeness (QED) is 0.518. The predicted octanol–water partition coefficient (Wildman–Crippen LogP) is 0.621. The van der Waals surface area contributed by atoms with Gasteiger partial charge in [0.15, 0.2) is 0 Å². The molecule has 0 bridgehead atoms. The highest BCUT2D eigenvalue weighted by atomic mass is 32.2. The van der Waals surface area contributed by atoms with Crippen LogP contribution in [-0.2, 0) is 19.6 Å². The fourth-order valence-corrected chi connectivity index (χ4v) is 1.25. The topological polar surface area (TPSA) is 72.8 Å². The first-order valence-electron chi connectivity index (χ1n) is 3.62. The number of ether oxygens (including phenoxy) is 2. The lowest BCUT2D eigenvalue weighted by atomic mass is 10.7. The third kappa shape index (κ3) is 2.71. The van der Waals surface area contributed by atoms with E-state index in [9.17, 15) is 8.42 Å². The van der Waals surface area contributed by atoms with E-state index in [2.05, 4.69) is 0 Å². The average molecular weight is 198 g/mol. The highest BCUT2D eigenvalue weighted by Gasteiger charge is 2.39. The summed E-state index contributed by atoms with van der Waals surface area (Å²) in [5.41, 5.74) is 0. The van der Waals surface area contributed by atoms with Gasteiger partial charge in [-0.15, -0.1) is 0 Å². The lowest BCUT2D eigenvalue weighted by Crippen LogP contribution is -2.41. The molecule has 0 rings (SSSR count). The van der Waals surface area contributed by atoms with Crippen LogP contribution in [0.3, 0.4) is 0 Å². The summed E-state index contributed by atoms with van der Waals surface area (Å²) in [5, 5.41) is -1.93. The SMILES string of the molecule is CCOC(C)(OCC)S(=O)(=O)O. The van der Waals surface area contributed by atoms with Crippen LogP contribution in [0.5, 0.6) is 0 Å². The number of rotatable bonds is 5. The van der Waals surface area contributed by atoms with Crippen LogP contribution in [0.4, 0.5) is 0 Å². The lowest BCUT2D eigenvalue weighted by Gasteiger charge is -2.25. The first-order valence-corrected chi connectivity index (χ1v) is 5.06. The van der Waals surface area contributed by atoms with Crippen molar-refractivity contribution >= 4 is 10.1 Å². The van der Waals surface area contributed by atoms with Crippen molar-refractivity contribution < 1.29 is 22.4 Å². The number of hydrogen-bond donors (Lipinski definition) is 1. The first kappa shape index (κ1) is 11.8. The van der Waals surface area contributed by atoms with Gasteiger partial charge in [0.25, 0.3) is 5.12 Å². The Morgan fingerprint density at radius 2 is 1.58 bits per heavy atom. The van der Waals surface area contributed by atoms with Gasteiger partial charge < -0.3 is 9.47 Å². The Kier molecular flexibility index (Phi) is 4.12. The zero-order valence-electron chi connectivity index (χ0n) is 7.40. The summed E-state index contributed by atoms with van der Waals surface area (Å²) >= 11 is 0. The summed E-state index contributed by atoms with van der Waals surface area (Å²) in [6.07, 6.45) is 0. The minimum atomic E-state index is -4.33. The minimum absolute atomic E-state index is 0.149. The molecule has 0 aromatic carbocycles. The smallest absolute Gasteiger partial charge is 0.321 e. The molecular weight excluding hydrogens is 184 g/mol. The van der Waals surface area contributed by atoms with Crippen molar-refractivity contribution in [3.8, 4) is 0 Å². The van der Waals surface area contributed by atoms with Crippen LogP contribution in [0.15, 0.2) is 0 Å². The molecule has 6 heteroatoms. The van der Waals surface area contributed by atoms with E-state index < -0.39 is 15.2 Å². The van der Waals surface area contributed by atoms with E-state index in [1.807, 2.05) is 0 Å². The summed E-state index contributed by atoms with van der Waals surface area (Å²) in [6, 6.07) is 0. The van der Waals surface area contributed by atoms with Crippen LogP contribution in [-0.4, -0.2) is 31.3 Å². The molecule has 0 fully saturated rings. The van der Waals surface area contributed by atoms with Crippen molar-refractivity contribution in [1.82, 2.24) is 0 Å². The minimum Gasteiger partial charge on any atom is -0.336 e. The Hall–Kier alpha value is -0.170. The fraction of sp³-hybridized carbons (Fsp3) is 1.00. The first-order chi connectivity index (χ1) is 5.37. The van der Waals surface area contributed by atoms with Crippen molar-refractivity contribution in [3.63, 3.8) is 0 Å². The Balaban J connectivity index is 4.62. The molecule has 0 spiro atoms. The zero-order chi connectivity index (χ0) is 9.83. The predicted molar refractivity (Wildman–Crippen MR) is 43.2 cm³/mol. The van der Waals surface area contributed by atoms with Gasteiger partial charge >= 0.3 is 10.1 Å². The van der Waals surface area contributed by atoms with Gasteiger partial charge in [0.1, 0.15) is 0 Å². The lowest BCUT2D eigenvalue weighted by molar-refractivity contribution is -0.163. The summed E-state index contributed by atoms with van der Waals surface area (Å²) in [5.74, 6) is 0. The standard InChI is InChI=1S/C6H14O5S/c1-4-10-6(3,11-5-2)12(7,8)9/h4-5H2,1-3H3,(H,7,8,9). The summed E-state index contributed by atoms with van der Waals surface area (Å²) in [6.45, 7) is 4.69. The second-order valence-electron chi connectivity index (χ2n) is 2.20. The van der Waals surface area contributed by atoms with Crippen LogP contribution in [0.2, 0.25) is 0 Å². The molecule has 0 aliphatic carbocycles. The maximum Gasteiger partial charge on any atom is 0.321 e. The summed E-state index contributed by atoms with van der Waals surface area (Å²) in [4.78, 5) is 0. The molecule has 0 saturated carbocycles. The number of hydrogen-bond acceptors (Lipinski definition) is 4. The molecule has 0 amide bonds. The Labute approximate surface area is 72.4 Å². The summed E-state index contributed by atoms with van der Waals surface area (Å²) < 4.78 is 39.7. The van der Waals surface area contributed by atoms with Gasteiger partial charge in [0.05, 0.1) is 0 Å². The molecule has 0 aliphatic heterocycles. The van der Waals surface area contributed by atoms with Crippen molar-refractivity contribution in [2.24, 2.45) is 0 Å². The van der Waals surface area contributed by atoms with Gasteiger partial charge in [-0.2, -0.15) is 8.42 Å². The maximum absolute atomic E-state index is 10.7. The second-order valence-corrected chi connectivity index (χ2v) is 3.90. The van der Waals surface area contributed by atoms with Crippen LogP contribution in [0.1, 0.15) is 20.8 Å². The van der Waals surface area contributed by atoms with E-state index >= 15 is 0 Å². The van der Waals surface area contributed by atoms with Gasteiger partial charge in [0.2, 0.25) is 0 Å². The van der Waals surface area contributed by atoms with Crippen LogP contribution in [0.25, 0.3) is 0 Å². The molecule has 1 N–H and O–H groups in total. The van der Waals surface area contributed by atoms with E-state index in [-0.39, 0.29) is 13.2 Å². The van der Waals surface area contributed by atoms with Gasteiger partial charge in [-0.1, -0.05) is 0 Å². The third-order valence-electron chi connectivity index (χ3n) is 1.28. The molecule has 0 aliphatic rings. The van der Waals surface area contributed by atoms with E-state index in [0.717, 1.165) is 6.92 Å². The second kappa shape index (κ2) is 4.18. The molecule has 0 unspecified atom stereocenters. The molecule has 0 atom stereocenters. The van der Waals surface area contributed by atoms with Gasteiger partial charge in [-0.05, 0) is 13.8 Å². The summed E-state index contributed by atoms with van der Waals surface area (Å²) in [7, 11) is -4.33. The third-order valence-corrected chi connectivity index (χ3v) is 2.45. The van der Waals surface area contributed by atoms with E-state index in [0.29, 0.717) is 0 Å². The Morgan fingerprint density at radius 1 is 1.25 bits per heavy atom. The van der Waals surface area contributed by atoms with E-state index in [1.165, 1.54) is 0 Å². The highest BCUT2D eigenvalue weighted by Crippen LogP contribution is 2.18. The molecule has 0 saturated heterocycles. The van der Waals surface area contributed by atoms with E-state index in [1.54, 1.807) is 13.8 Å². The Morgan fingerprint density at radius 3 is 1.75 bits per heavy atom. The monoisotopic (exact) mass is 198 g/mol. The van der Waals surface area contributed by atoms with Crippen LogP contribution in [0, 0.1) is 0 Å². The van der Waals surface area contributed by atoms with Gasteiger partial charge in [-0.3, -0.25) is 4.55 Å². The average Bonchev–Trinajstić information content (AvgIpc) is 1.86. The van der Waals surface area contributed by atoms with Crippen molar-refractivity contribution in [2.45, 2.75) is 25.9 Å². The largest absolute Gasteiger partial charge is 0.336 e. The molecule has 0 radical (unpaired) electrons. The van der Waals surface area contributed by atoms with Crippen LogP contribution < -0.4 is 0 Å². The maximum atomic E-state index is 10.7. The molecule has 12 heavy (non-hydrogen) atoms. The highest BCUT2D eigenvalue weighted by molar-refractivity contribution is 7.86. The van der Waals surface area contributed by atoms with Crippen molar-refractivity contribution in [3.05, 3.63) is 0 Å². The van der Waals surface area contributed by atoms with Crippen molar-refractivity contribution in [1.29, 1.82) is 0 Å². The van der Waals surface area contributed by atoms with E-state index in [4.69, 9.17) is 14.0 Å². The van der Waals surface area contributed by atoms with Gasteiger partial charge in [0, 0.05) is 20.1 Å². The Bertz CT molecular complexity index is 214. The molecule has 5 nitrogen and oxygen atoms in total. The van der Waals surface area contributed by atoms with Crippen LogP contribution >= 0.6 is 0 Å². The molecular formula is C6H14O5S. The van der Waals surface area contributed by atoms with Gasteiger partial charge in [-0.25, -0.2) is 0 Å². The molecule has 0 heterocycles. The molecule has 0 aromatic heterocycles. The van der Waals surface area contributed by atoms with Crippen molar-refractivity contribution in [2.75, 3.05) is 13.2 Å². The normalized spacial score (nSPS) is 13.3.